The molecule has 0 spiro atoms. The highest BCUT2D eigenvalue weighted by Gasteiger charge is 2.10. The summed E-state index contributed by atoms with van der Waals surface area (Å²) in [6, 6.07) is 16.2. The molecular weight excluding hydrogens is 286 g/mol. The van der Waals surface area contributed by atoms with Gasteiger partial charge in [0.2, 0.25) is 0 Å². The van der Waals surface area contributed by atoms with Crippen LogP contribution in [-0.4, -0.2) is 29.9 Å². The maximum atomic E-state index is 11.4. The van der Waals surface area contributed by atoms with Crippen LogP contribution in [0.3, 0.4) is 0 Å². The first-order chi connectivity index (χ1) is 10.0. The van der Waals surface area contributed by atoms with E-state index in [1.807, 2.05) is 30.3 Å². The molecule has 106 valence electrons. The molecule has 0 fully saturated rings. The summed E-state index contributed by atoms with van der Waals surface area (Å²) < 4.78 is 22.9. The van der Waals surface area contributed by atoms with Gasteiger partial charge in [-0.2, -0.15) is 5.10 Å². The normalized spacial score (nSPS) is 11.5. The highest BCUT2D eigenvalue weighted by Crippen LogP contribution is 2.21. The molecule has 0 radical (unpaired) electrons. The van der Waals surface area contributed by atoms with E-state index in [0.29, 0.717) is 11.6 Å². The molecule has 0 atom stereocenters. The second kappa shape index (κ2) is 5.14. The Balaban J connectivity index is 1.94. The third-order valence-corrected chi connectivity index (χ3v) is 4.20. The molecule has 5 nitrogen and oxygen atoms in total. The highest BCUT2D eigenvalue weighted by molar-refractivity contribution is 7.90. The number of hydrogen-bond acceptors (Lipinski definition) is 4. The van der Waals surface area contributed by atoms with Crippen LogP contribution in [0.5, 0.6) is 0 Å². The van der Waals surface area contributed by atoms with E-state index in [2.05, 4.69) is 15.2 Å². The number of sulfone groups is 1. The molecule has 2 aromatic carbocycles. The second-order valence-electron chi connectivity index (χ2n) is 4.67. The average Bonchev–Trinajstić information content (AvgIpc) is 2.97. The Morgan fingerprint density at radius 1 is 0.905 bits per heavy atom. The van der Waals surface area contributed by atoms with Crippen LogP contribution in [0.1, 0.15) is 0 Å². The molecule has 0 bridgehead atoms. The Hall–Kier alpha value is -2.47. The van der Waals surface area contributed by atoms with Gasteiger partial charge in [0.25, 0.3) is 0 Å². The van der Waals surface area contributed by atoms with Crippen molar-refractivity contribution in [3.63, 3.8) is 0 Å². The second-order valence-corrected chi connectivity index (χ2v) is 6.69. The summed E-state index contributed by atoms with van der Waals surface area (Å²) in [4.78, 5) is 4.71. The van der Waals surface area contributed by atoms with Gasteiger partial charge in [0.05, 0.1) is 4.90 Å². The lowest BCUT2D eigenvalue weighted by Crippen LogP contribution is -1.96. The van der Waals surface area contributed by atoms with Crippen molar-refractivity contribution >= 4 is 9.84 Å². The molecule has 0 amide bonds. The number of benzene rings is 2. The van der Waals surface area contributed by atoms with Crippen LogP contribution >= 0.6 is 0 Å². The number of H-pyrrole nitrogens is 1. The highest BCUT2D eigenvalue weighted by atomic mass is 32.2. The van der Waals surface area contributed by atoms with E-state index in [4.69, 9.17) is 0 Å². The van der Waals surface area contributed by atoms with Gasteiger partial charge in [0.1, 0.15) is 0 Å². The molecule has 1 N–H and O–H groups in total. The van der Waals surface area contributed by atoms with Gasteiger partial charge < -0.3 is 0 Å². The van der Waals surface area contributed by atoms with E-state index in [1.54, 1.807) is 24.3 Å². The zero-order valence-corrected chi connectivity index (χ0v) is 12.1. The zero-order valence-electron chi connectivity index (χ0n) is 11.3. The Morgan fingerprint density at radius 3 is 2.19 bits per heavy atom. The monoisotopic (exact) mass is 299 g/mol. The van der Waals surface area contributed by atoms with Crippen molar-refractivity contribution in [2.24, 2.45) is 0 Å². The summed E-state index contributed by atoms with van der Waals surface area (Å²) in [6.45, 7) is 0. The quantitative estimate of drug-likeness (QED) is 0.806. The minimum Gasteiger partial charge on any atom is -0.259 e. The first kappa shape index (κ1) is 13.5. The maximum Gasteiger partial charge on any atom is 0.181 e. The van der Waals surface area contributed by atoms with Crippen LogP contribution in [0.15, 0.2) is 59.5 Å². The standard InChI is InChI=1S/C15H13N3O2S/c1-21(19,20)13-9-7-12(8-10-13)15-16-14(17-18-15)11-5-3-2-4-6-11/h2-10H,1H3,(H,16,17,18). The molecule has 6 heteroatoms. The number of aromatic amines is 1. The third kappa shape index (κ3) is 2.85. The first-order valence-corrected chi connectivity index (χ1v) is 8.21. The van der Waals surface area contributed by atoms with E-state index in [9.17, 15) is 8.42 Å². The van der Waals surface area contributed by atoms with Crippen molar-refractivity contribution in [1.82, 2.24) is 15.2 Å². The fraction of sp³-hybridized carbons (Fsp3) is 0.0667. The van der Waals surface area contributed by atoms with E-state index in [-0.39, 0.29) is 4.90 Å². The zero-order chi connectivity index (χ0) is 14.9. The van der Waals surface area contributed by atoms with Gasteiger partial charge in [0.15, 0.2) is 21.5 Å². The van der Waals surface area contributed by atoms with Gasteiger partial charge in [-0.3, -0.25) is 5.10 Å². The molecule has 0 aliphatic carbocycles. The number of aromatic nitrogens is 3. The van der Waals surface area contributed by atoms with E-state index in [0.717, 1.165) is 11.1 Å². The molecule has 0 aliphatic rings. The number of hydrogen-bond donors (Lipinski definition) is 1. The first-order valence-electron chi connectivity index (χ1n) is 6.32. The maximum absolute atomic E-state index is 11.4. The van der Waals surface area contributed by atoms with Crippen LogP contribution in [0.25, 0.3) is 22.8 Å². The Morgan fingerprint density at radius 2 is 1.57 bits per heavy atom. The molecule has 0 saturated carbocycles. The average molecular weight is 299 g/mol. The van der Waals surface area contributed by atoms with Crippen LogP contribution in [-0.2, 0) is 9.84 Å². The lowest BCUT2D eigenvalue weighted by molar-refractivity contribution is 0.602. The minimum atomic E-state index is -3.19. The van der Waals surface area contributed by atoms with Gasteiger partial charge in [-0.1, -0.05) is 30.3 Å². The predicted octanol–water partition coefficient (Wildman–Crippen LogP) is 2.54. The predicted molar refractivity (Wildman–Crippen MR) is 80.4 cm³/mol. The van der Waals surface area contributed by atoms with Gasteiger partial charge in [-0.25, -0.2) is 13.4 Å². The molecule has 1 heterocycles. The summed E-state index contributed by atoms with van der Waals surface area (Å²) in [6.07, 6.45) is 1.18. The van der Waals surface area contributed by atoms with Crippen molar-refractivity contribution in [2.45, 2.75) is 4.90 Å². The molecule has 1 aromatic heterocycles. The van der Waals surface area contributed by atoms with E-state index < -0.39 is 9.84 Å². The molecule has 3 aromatic rings. The van der Waals surface area contributed by atoms with Crippen molar-refractivity contribution in [3.05, 3.63) is 54.6 Å². The Kier molecular flexibility index (Phi) is 3.31. The van der Waals surface area contributed by atoms with Gasteiger partial charge in [-0.15, -0.1) is 0 Å². The summed E-state index contributed by atoms with van der Waals surface area (Å²) in [5.74, 6) is 1.21. The summed E-state index contributed by atoms with van der Waals surface area (Å²) in [5, 5.41) is 7.05. The third-order valence-electron chi connectivity index (χ3n) is 3.07. The van der Waals surface area contributed by atoms with Crippen molar-refractivity contribution in [3.8, 4) is 22.8 Å². The molecule has 3 rings (SSSR count). The van der Waals surface area contributed by atoms with Crippen molar-refractivity contribution < 1.29 is 8.42 Å². The fourth-order valence-corrected chi connectivity index (χ4v) is 2.60. The molecule has 0 unspecified atom stereocenters. The largest absolute Gasteiger partial charge is 0.259 e. The van der Waals surface area contributed by atoms with E-state index in [1.165, 1.54) is 6.26 Å². The van der Waals surface area contributed by atoms with Crippen LogP contribution in [0, 0.1) is 0 Å². The van der Waals surface area contributed by atoms with Crippen LogP contribution in [0.4, 0.5) is 0 Å². The van der Waals surface area contributed by atoms with Crippen LogP contribution in [0.2, 0.25) is 0 Å². The van der Waals surface area contributed by atoms with Gasteiger partial charge in [0, 0.05) is 17.4 Å². The SMILES string of the molecule is CS(=O)(=O)c1ccc(-c2nc(-c3ccccc3)n[nH]2)cc1. The number of nitrogens with zero attached hydrogens (tertiary/aromatic N) is 2. The topological polar surface area (TPSA) is 75.7 Å². The van der Waals surface area contributed by atoms with Crippen molar-refractivity contribution in [1.29, 1.82) is 0 Å². The molecule has 21 heavy (non-hydrogen) atoms. The van der Waals surface area contributed by atoms with Crippen molar-refractivity contribution in [2.75, 3.05) is 6.26 Å². The lowest BCUT2D eigenvalue weighted by atomic mass is 10.2. The fourth-order valence-electron chi connectivity index (χ4n) is 1.97. The molecule has 0 saturated heterocycles. The summed E-state index contributed by atoms with van der Waals surface area (Å²) in [7, 11) is -3.19. The number of nitrogens with one attached hydrogen (secondary N) is 1. The lowest BCUT2D eigenvalue weighted by Gasteiger charge is -1.99. The van der Waals surface area contributed by atoms with E-state index >= 15 is 0 Å². The summed E-state index contributed by atoms with van der Waals surface area (Å²) in [5.41, 5.74) is 1.71. The number of rotatable bonds is 3. The minimum absolute atomic E-state index is 0.286. The summed E-state index contributed by atoms with van der Waals surface area (Å²) >= 11 is 0. The Labute approximate surface area is 122 Å². The smallest absolute Gasteiger partial charge is 0.181 e. The van der Waals surface area contributed by atoms with Gasteiger partial charge >= 0.3 is 0 Å². The van der Waals surface area contributed by atoms with Gasteiger partial charge in [-0.05, 0) is 24.3 Å². The Bertz CT molecular complexity index is 853. The molecule has 0 aliphatic heterocycles. The van der Waals surface area contributed by atoms with Crippen LogP contribution < -0.4 is 0 Å². The molecular formula is C15H13N3O2S.